The van der Waals surface area contributed by atoms with Crippen LogP contribution in [0.1, 0.15) is 16.1 Å². The Kier molecular flexibility index (Phi) is 5.53. The highest BCUT2D eigenvalue weighted by molar-refractivity contribution is 6.39. The molecule has 2 aromatic carbocycles. The van der Waals surface area contributed by atoms with Crippen LogP contribution in [-0.2, 0) is 4.79 Å². The van der Waals surface area contributed by atoms with Crippen molar-refractivity contribution < 1.29 is 24.0 Å². The maximum Gasteiger partial charge on any atom is 0.295 e. The molecule has 0 unspecified atom stereocenters. The number of nitro benzene ring substituents is 1. The van der Waals surface area contributed by atoms with E-state index in [2.05, 4.69) is 10.3 Å². The zero-order chi connectivity index (χ0) is 21.3. The molecule has 8 nitrogen and oxygen atoms in total. The van der Waals surface area contributed by atoms with E-state index in [1.807, 2.05) is 0 Å². The second-order valence-corrected chi connectivity index (χ2v) is 6.60. The molecule has 0 aliphatic heterocycles. The number of aromatic amines is 1. The first-order valence-electron chi connectivity index (χ1n) is 7.82. The number of hydrogen-bond acceptors (Lipinski definition) is 5. The number of amides is 1. The Hall–Kier alpha value is -3.43. The molecular formula is C18H9Cl2FN3O5-. The molecule has 3 rings (SSSR count). The first kappa shape index (κ1) is 20.3. The summed E-state index contributed by atoms with van der Waals surface area (Å²) in [7, 11) is 0. The third-order valence-corrected chi connectivity index (χ3v) is 4.39. The van der Waals surface area contributed by atoms with Crippen molar-refractivity contribution in [3.8, 4) is 0 Å². The lowest BCUT2D eigenvalue weighted by Crippen LogP contribution is -2.23. The third-order valence-electron chi connectivity index (χ3n) is 3.87. The molecule has 0 saturated heterocycles. The van der Waals surface area contributed by atoms with Gasteiger partial charge in [0.25, 0.3) is 5.69 Å². The average Bonchev–Trinajstić information content (AvgIpc) is 3.00. The van der Waals surface area contributed by atoms with E-state index >= 15 is 0 Å². The molecule has 0 bridgehead atoms. The Morgan fingerprint density at radius 2 is 1.93 bits per heavy atom. The number of carboxylic acids is 1. The first-order valence-corrected chi connectivity index (χ1v) is 8.58. The van der Waals surface area contributed by atoms with Gasteiger partial charge in [-0.25, -0.2) is 4.39 Å². The maximum atomic E-state index is 13.2. The van der Waals surface area contributed by atoms with E-state index in [1.54, 1.807) is 0 Å². The lowest BCUT2D eigenvalue weighted by molar-refractivity contribution is -0.384. The van der Waals surface area contributed by atoms with Crippen LogP contribution in [0.15, 0.2) is 36.4 Å². The van der Waals surface area contributed by atoms with E-state index in [0.29, 0.717) is 17.0 Å². The number of aromatic carboxylic acids is 1. The molecule has 0 aliphatic rings. The summed E-state index contributed by atoms with van der Waals surface area (Å²) < 4.78 is 13.2. The summed E-state index contributed by atoms with van der Waals surface area (Å²) in [5, 5.41) is 25.4. The van der Waals surface area contributed by atoms with Gasteiger partial charge in [-0.05, 0) is 30.3 Å². The lowest BCUT2D eigenvalue weighted by Gasteiger charge is -2.04. The number of nitrogens with zero attached hydrogens (tertiary/aromatic N) is 1. The molecule has 0 fully saturated rings. The fourth-order valence-corrected chi connectivity index (χ4v) is 3.29. The van der Waals surface area contributed by atoms with Crippen molar-refractivity contribution in [3.05, 3.63) is 73.6 Å². The Morgan fingerprint density at radius 1 is 1.21 bits per heavy atom. The predicted octanol–water partition coefficient (Wildman–Crippen LogP) is 3.54. The van der Waals surface area contributed by atoms with Gasteiger partial charge in [0.05, 0.1) is 27.7 Å². The number of nitrogens with one attached hydrogen (secondary N) is 2. The molecule has 0 spiro atoms. The SMILES string of the molecule is O=C(/C=C/c1c(C(=O)[O-])[nH]c2cc(Cl)cc(Cl)c12)Nc1ccc(F)cc1[N+](=O)[O-]. The van der Waals surface area contributed by atoms with Gasteiger partial charge in [-0.2, -0.15) is 0 Å². The second kappa shape index (κ2) is 7.90. The molecular weight excluding hydrogens is 428 g/mol. The van der Waals surface area contributed by atoms with Gasteiger partial charge in [0.15, 0.2) is 0 Å². The third kappa shape index (κ3) is 4.20. The zero-order valence-electron chi connectivity index (χ0n) is 14.2. The zero-order valence-corrected chi connectivity index (χ0v) is 15.7. The van der Waals surface area contributed by atoms with Crippen LogP contribution in [0, 0.1) is 15.9 Å². The second-order valence-electron chi connectivity index (χ2n) is 5.75. The number of benzene rings is 2. The summed E-state index contributed by atoms with van der Waals surface area (Å²) in [6, 6.07) is 5.50. The van der Waals surface area contributed by atoms with Gasteiger partial charge in [0, 0.05) is 27.6 Å². The normalized spacial score (nSPS) is 11.1. The Morgan fingerprint density at radius 3 is 2.59 bits per heavy atom. The minimum Gasteiger partial charge on any atom is -0.543 e. The number of anilines is 1. The van der Waals surface area contributed by atoms with Gasteiger partial charge in [0.2, 0.25) is 5.91 Å². The molecule has 0 saturated carbocycles. The topological polar surface area (TPSA) is 128 Å². The summed E-state index contributed by atoms with van der Waals surface area (Å²) in [6.07, 6.45) is 2.11. The van der Waals surface area contributed by atoms with Crippen LogP contribution < -0.4 is 10.4 Å². The first-order chi connectivity index (χ1) is 13.7. The van der Waals surface area contributed by atoms with E-state index in [4.69, 9.17) is 23.2 Å². The fourth-order valence-electron chi connectivity index (χ4n) is 2.70. The molecule has 1 aromatic heterocycles. The standard InChI is InChI=1S/C18H10Cl2FN3O5/c19-8-5-11(20)16-10(17(18(26)27)23-13(16)6-8)2-4-15(25)22-12-3-1-9(21)7-14(12)24(28)29/h1-7,23H,(H,22,25)(H,26,27)/p-1/b4-2+. The van der Waals surface area contributed by atoms with Crippen molar-refractivity contribution in [3.63, 3.8) is 0 Å². The quantitative estimate of drug-likeness (QED) is 0.359. The van der Waals surface area contributed by atoms with E-state index in [9.17, 15) is 29.2 Å². The van der Waals surface area contributed by atoms with Crippen LogP contribution in [0.5, 0.6) is 0 Å². The minimum absolute atomic E-state index is 0.0606. The maximum absolute atomic E-state index is 13.2. The summed E-state index contributed by atoms with van der Waals surface area (Å²) >= 11 is 12.0. The van der Waals surface area contributed by atoms with E-state index in [1.165, 1.54) is 12.1 Å². The van der Waals surface area contributed by atoms with Crippen LogP contribution in [-0.4, -0.2) is 21.8 Å². The van der Waals surface area contributed by atoms with E-state index in [-0.39, 0.29) is 27.0 Å². The number of H-pyrrole nitrogens is 1. The molecule has 3 aromatic rings. The number of carbonyl (C=O) groups is 2. The Labute approximate surface area is 171 Å². The average molecular weight is 437 g/mol. The molecule has 2 N–H and O–H groups in total. The monoisotopic (exact) mass is 436 g/mol. The van der Waals surface area contributed by atoms with E-state index in [0.717, 1.165) is 24.3 Å². The Balaban J connectivity index is 1.97. The highest BCUT2D eigenvalue weighted by Gasteiger charge is 2.17. The molecule has 1 amide bonds. The molecule has 148 valence electrons. The largest absolute Gasteiger partial charge is 0.543 e. The van der Waals surface area contributed by atoms with Crippen LogP contribution in [0.4, 0.5) is 15.8 Å². The molecule has 29 heavy (non-hydrogen) atoms. The van der Waals surface area contributed by atoms with Crippen molar-refractivity contribution >= 4 is 63.4 Å². The molecule has 11 heteroatoms. The van der Waals surface area contributed by atoms with Gasteiger partial charge < -0.3 is 20.2 Å². The van der Waals surface area contributed by atoms with Crippen molar-refractivity contribution in [2.45, 2.75) is 0 Å². The van der Waals surface area contributed by atoms with E-state index < -0.39 is 28.3 Å². The van der Waals surface area contributed by atoms with Crippen molar-refractivity contribution in [1.82, 2.24) is 4.98 Å². The summed E-state index contributed by atoms with van der Waals surface area (Å²) in [5.74, 6) is -3.19. The molecule has 0 aliphatic carbocycles. The van der Waals surface area contributed by atoms with Crippen LogP contribution >= 0.6 is 23.2 Å². The highest BCUT2D eigenvalue weighted by Crippen LogP contribution is 2.33. The van der Waals surface area contributed by atoms with Gasteiger partial charge in [-0.1, -0.05) is 23.2 Å². The van der Waals surface area contributed by atoms with Crippen molar-refractivity contribution in [1.29, 1.82) is 0 Å². The van der Waals surface area contributed by atoms with Crippen LogP contribution in [0.2, 0.25) is 10.0 Å². The number of aromatic nitrogens is 1. The molecule has 0 atom stereocenters. The highest BCUT2D eigenvalue weighted by atomic mass is 35.5. The lowest BCUT2D eigenvalue weighted by atomic mass is 10.1. The van der Waals surface area contributed by atoms with Gasteiger partial charge >= 0.3 is 0 Å². The van der Waals surface area contributed by atoms with Gasteiger partial charge in [-0.3, -0.25) is 14.9 Å². The predicted molar refractivity (Wildman–Crippen MR) is 103 cm³/mol. The number of hydrogen-bond donors (Lipinski definition) is 2. The van der Waals surface area contributed by atoms with Crippen LogP contribution in [0.3, 0.4) is 0 Å². The minimum atomic E-state index is -1.54. The van der Waals surface area contributed by atoms with Crippen molar-refractivity contribution in [2.24, 2.45) is 0 Å². The number of rotatable bonds is 5. The van der Waals surface area contributed by atoms with Crippen LogP contribution in [0.25, 0.3) is 17.0 Å². The number of carbonyl (C=O) groups excluding carboxylic acids is 2. The van der Waals surface area contributed by atoms with Gasteiger partial charge in [0.1, 0.15) is 11.5 Å². The van der Waals surface area contributed by atoms with Gasteiger partial charge in [-0.15, -0.1) is 0 Å². The number of halogens is 3. The number of carboxylic acid groups (broad SMARTS) is 1. The number of nitro groups is 1. The summed E-state index contributed by atoms with van der Waals surface area (Å²) in [5.41, 5.74) is -0.816. The Bertz CT molecular complexity index is 1210. The number of fused-ring (bicyclic) bond motifs is 1. The fraction of sp³-hybridized carbons (Fsp3) is 0. The smallest absolute Gasteiger partial charge is 0.295 e. The summed E-state index contributed by atoms with van der Waals surface area (Å²) in [6.45, 7) is 0. The molecule has 0 radical (unpaired) electrons. The van der Waals surface area contributed by atoms with Crippen molar-refractivity contribution in [2.75, 3.05) is 5.32 Å². The molecule has 1 heterocycles. The summed E-state index contributed by atoms with van der Waals surface area (Å²) in [4.78, 5) is 36.3.